The Morgan fingerprint density at radius 3 is 2.78 bits per heavy atom. The lowest BCUT2D eigenvalue weighted by molar-refractivity contribution is 0.786. The molecule has 1 atom stereocenters. The quantitative estimate of drug-likeness (QED) is 0.765. The van der Waals surface area contributed by atoms with Crippen LogP contribution in [0.15, 0.2) is 36.5 Å². The van der Waals surface area contributed by atoms with Crippen molar-refractivity contribution < 1.29 is 0 Å². The summed E-state index contributed by atoms with van der Waals surface area (Å²) in [6.45, 7) is 1.91. The highest BCUT2D eigenvalue weighted by Gasteiger charge is 2.12. The number of para-hydroxylation sites is 1. The van der Waals surface area contributed by atoms with Crippen LogP contribution in [0.3, 0.4) is 0 Å². The van der Waals surface area contributed by atoms with Crippen LogP contribution in [-0.2, 0) is 0 Å². The summed E-state index contributed by atoms with van der Waals surface area (Å²) in [5, 5.41) is 11.1. The first-order valence-electron chi connectivity index (χ1n) is 5.69. The molecule has 1 aromatic carbocycles. The van der Waals surface area contributed by atoms with Gasteiger partial charge in [0.1, 0.15) is 10.0 Å². The predicted molar refractivity (Wildman–Crippen MR) is 73.2 cm³/mol. The summed E-state index contributed by atoms with van der Waals surface area (Å²) in [5.41, 5.74) is 7.77. The van der Waals surface area contributed by atoms with Crippen molar-refractivity contribution in [1.82, 2.24) is 15.2 Å². The number of pyridine rings is 1. The maximum atomic E-state index is 5.81. The number of nitrogens with two attached hydrogens (primary N) is 1. The Balaban J connectivity index is 2.18. The number of hydrogen-bond acceptors (Lipinski definition) is 5. The molecule has 3 aromatic rings. The van der Waals surface area contributed by atoms with Gasteiger partial charge in [0.05, 0.1) is 11.6 Å². The van der Waals surface area contributed by atoms with Crippen molar-refractivity contribution in [1.29, 1.82) is 0 Å². The van der Waals surface area contributed by atoms with Gasteiger partial charge in [-0.05, 0) is 19.1 Å². The Hall–Kier alpha value is -1.85. The maximum Gasteiger partial charge on any atom is 0.150 e. The van der Waals surface area contributed by atoms with Crippen LogP contribution in [0, 0.1) is 0 Å². The highest BCUT2D eigenvalue weighted by Crippen LogP contribution is 2.30. The lowest BCUT2D eigenvalue weighted by Crippen LogP contribution is -2.03. The number of benzene rings is 1. The fourth-order valence-corrected chi connectivity index (χ4v) is 2.63. The summed E-state index contributed by atoms with van der Waals surface area (Å²) in [6, 6.07) is 9.95. The molecule has 0 saturated carbocycles. The summed E-state index contributed by atoms with van der Waals surface area (Å²) in [7, 11) is 0. The largest absolute Gasteiger partial charge is 0.322 e. The van der Waals surface area contributed by atoms with Gasteiger partial charge in [-0.1, -0.05) is 29.5 Å². The fraction of sp³-hybridized carbons (Fsp3) is 0.154. The summed E-state index contributed by atoms with van der Waals surface area (Å²) < 4.78 is 0. The highest BCUT2D eigenvalue weighted by molar-refractivity contribution is 7.14. The molecule has 90 valence electrons. The van der Waals surface area contributed by atoms with Crippen molar-refractivity contribution in [2.75, 3.05) is 0 Å². The highest BCUT2D eigenvalue weighted by atomic mass is 32.1. The van der Waals surface area contributed by atoms with E-state index >= 15 is 0 Å². The first-order valence-corrected chi connectivity index (χ1v) is 6.50. The van der Waals surface area contributed by atoms with Crippen LogP contribution in [-0.4, -0.2) is 15.2 Å². The zero-order valence-corrected chi connectivity index (χ0v) is 10.7. The molecule has 0 saturated heterocycles. The number of hydrogen-bond donors (Lipinski definition) is 1. The Bertz CT molecular complexity index is 685. The summed E-state index contributed by atoms with van der Waals surface area (Å²) >= 11 is 1.52. The van der Waals surface area contributed by atoms with Gasteiger partial charge in [-0.25, -0.2) is 0 Å². The molecular weight excluding hydrogens is 244 g/mol. The fourth-order valence-electron chi connectivity index (χ4n) is 1.80. The molecule has 0 spiro atoms. The number of rotatable bonds is 2. The standard InChI is InChI=1S/C13H12N4S/c1-8(14)12-16-17-13(18-12)10-6-2-4-9-5-3-7-15-11(9)10/h2-8H,14H2,1H3. The second-order valence-electron chi connectivity index (χ2n) is 4.11. The molecule has 0 aliphatic carbocycles. The number of aromatic nitrogens is 3. The molecule has 4 nitrogen and oxygen atoms in total. The van der Waals surface area contributed by atoms with E-state index in [0.717, 1.165) is 26.5 Å². The van der Waals surface area contributed by atoms with Crippen molar-refractivity contribution in [3.8, 4) is 10.6 Å². The zero-order valence-electron chi connectivity index (χ0n) is 9.87. The number of nitrogens with zero attached hydrogens (tertiary/aromatic N) is 3. The minimum absolute atomic E-state index is 0.0841. The minimum atomic E-state index is -0.0841. The topological polar surface area (TPSA) is 64.7 Å². The van der Waals surface area contributed by atoms with E-state index in [4.69, 9.17) is 5.73 Å². The first-order chi connectivity index (χ1) is 8.75. The molecule has 2 heterocycles. The normalized spacial score (nSPS) is 12.8. The third-order valence-electron chi connectivity index (χ3n) is 2.69. The van der Waals surface area contributed by atoms with Gasteiger partial charge < -0.3 is 5.73 Å². The molecule has 0 aliphatic heterocycles. The van der Waals surface area contributed by atoms with E-state index in [2.05, 4.69) is 15.2 Å². The summed E-state index contributed by atoms with van der Waals surface area (Å²) in [5.74, 6) is 0. The van der Waals surface area contributed by atoms with Gasteiger partial charge in [0.2, 0.25) is 0 Å². The molecule has 0 radical (unpaired) electrons. The second kappa shape index (κ2) is 4.44. The third kappa shape index (κ3) is 1.87. The van der Waals surface area contributed by atoms with Crippen LogP contribution in [0.1, 0.15) is 18.0 Å². The van der Waals surface area contributed by atoms with Gasteiger partial charge in [0.25, 0.3) is 0 Å². The van der Waals surface area contributed by atoms with E-state index in [1.54, 1.807) is 6.20 Å². The van der Waals surface area contributed by atoms with Crippen molar-refractivity contribution in [3.63, 3.8) is 0 Å². The lowest BCUT2D eigenvalue weighted by Gasteiger charge is -2.01. The van der Waals surface area contributed by atoms with Crippen molar-refractivity contribution in [2.45, 2.75) is 13.0 Å². The van der Waals surface area contributed by atoms with Gasteiger partial charge in [0, 0.05) is 17.1 Å². The van der Waals surface area contributed by atoms with Crippen LogP contribution in [0.25, 0.3) is 21.5 Å². The van der Waals surface area contributed by atoms with E-state index in [1.165, 1.54) is 11.3 Å². The van der Waals surface area contributed by atoms with E-state index < -0.39 is 0 Å². The van der Waals surface area contributed by atoms with Crippen molar-refractivity contribution in [3.05, 3.63) is 41.5 Å². The smallest absolute Gasteiger partial charge is 0.150 e. The summed E-state index contributed by atoms with van der Waals surface area (Å²) in [6.07, 6.45) is 1.79. The second-order valence-corrected chi connectivity index (χ2v) is 5.12. The first kappa shape index (κ1) is 11.3. The van der Waals surface area contributed by atoms with E-state index in [1.807, 2.05) is 37.3 Å². The molecule has 0 amide bonds. The van der Waals surface area contributed by atoms with Crippen LogP contribution in [0.4, 0.5) is 0 Å². The molecular formula is C13H12N4S. The molecule has 5 heteroatoms. The average Bonchev–Trinajstić information content (AvgIpc) is 2.87. The lowest BCUT2D eigenvalue weighted by atomic mass is 10.1. The van der Waals surface area contributed by atoms with Crippen LogP contribution >= 0.6 is 11.3 Å². The summed E-state index contributed by atoms with van der Waals surface area (Å²) in [4.78, 5) is 4.42. The van der Waals surface area contributed by atoms with E-state index in [9.17, 15) is 0 Å². The minimum Gasteiger partial charge on any atom is -0.322 e. The SMILES string of the molecule is CC(N)c1nnc(-c2cccc3cccnc23)s1. The predicted octanol–water partition coefficient (Wildman–Crippen LogP) is 2.77. The molecule has 2 aromatic heterocycles. The van der Waals surface area contributed by atoms with Gasteiger partial charge >= 0.3 is 0 Å². The molecule has 0 aliphatic rings. The number of fused-ring (bicyclic) bond motifs is 1. The average molecular weight is 256 g/mol. The Labute approximate surface area is 109 Å². The van der Waals surface area contributed by atoms with Gasteiger partial charge in [-0.15, -0.1) is 10.2 Å². The van der Waals surface area contributed by atoms with Crippen molar-refractivity contribution in [2.24, 2.45) is 5.73 Å². The maximum absolute atomic E-state index is 5.81. The van der Waals surface area contributed by atoms with Gasteiger partial charge in [-0.3, -0.25) is 4.98 Å². The molecule has 3 rings (SSSR count). The van der Waals surface area contributed by atoms with Crippen molar-refractivity contribution >= 4 is 22.2 Å². The Kier molecular flexibility index (Phi) is 2.77. The van der Waals surface area contributed by atoms with Crippen LogP contribution in [0.5, 0.6) is 0 Å². The van der Waals surface area contributed by atoms with Crippen LogP contribution in [0.2, 0.25) is 0 Å². The van der Waals surface area contributed by atoms with Gasteiger partial charge in [-0.2, -0.15) is 0 Å². The van der Waals surface area contributed by atoms with E-state index in [0.29, 0.717) is 0 Å². The molecule has 0 fully saturated rings. The molecule has 18 heavy (non-hydrogen) atoms. The zero-order chi connectivity index (χ0) is 12.5. The third-order valence-corrected chi connectivity index (χ3v) is 3.85. The molecule has 0 bridgehead atoms. The Morgan fingerprint density at radius 1 is 1.17 bits per heavy atom. The van der Waals surface area contributed by atoms with E-state index in [-0.39, 0.29) is 6.04 Å². The molecule has 2 N–H and O–H groups in total. The monoisotopic (exact) mass is 256 g/mol. The van der Waals surface area contributed by atoms with Gasteiger partial charge in [0.15, 0.2) is 0 Å². The van der Waals surface area contributed by atoms with Crippen LogP contribution < -0.4 is 5.73 Å². The Morgan fingerprint density at radius 2 is 2.00 bits per heavy atom. The molecule has 1 unspecified atom stereocenters.